The number of fused-ring (bicyclic) bond motifs is 2. The van der Waals surface area contributed by atoms with Crippen molar-refractivity contribution in [2.24, 2.45) is 5.92 Å². The molecule has 0 radical (unpaired) electrons. The molecule has 5 nitrogen and oxygen atoms in total. The number of aromatic carboxylic acids is 1. The van der Waals surface area contributed by atoms with Crippen molar-refractivity contribution < 1.29 is 14.7 Å². The minimum Gasteiger partial charge on any atom is -0.478 e. The lowest BCUT2D eigenvalue weighted by Crippen LogP contribution is -2.34. The first-order chi connectivity index (χ1) is 9.66. The Hall–Kier alpha value is -2.04. The van der Waals surface area contributed by atoms with Gasteiger partial charge in [0, 0.05) is 6.04 Å². The molecule has 1 aromatic rings. The molecular weight excluding hydrogens is 256 g/mol. The molecule has 1 aromatic carbocycles. The van der Waals surface area contributed by atoms with Crippen LogP contribution in [0.15, 0.2) is 18.2 Å². The monoisotopic (exact) mass is 274 g/mol. The summed E-state index contributed by atoms with van der Waals surface area (Å²) in [6, 6.07) is 5.15. The van der Waals surface area contributed by atoms with Crippen LogP contribution in [0.1, 0.15) is 42.5 Å². The van der Waals surface area contributed by atoms with Gasteiger partial charge in [-0.2, -0.15) is 0 Å². The average Bonchev–Trinajstić information content (AvgIpc) is 2.71. The van der Waals surface area contributed by atoms with Crippen LogP contribution in [0.3, 0.4) is 0 Å². The summed E-state index contributed by atoms with van der Waals surface area (Å²) < 4.78 is 0. The van der Waals surface area contributed by atoms with Crippen molar-refractivity contribution in [2.45, 2.75) is 38.1 Å². The molecule has 1 amide bonds. The van der Waals surface area contributed by atoms with E-state index in [1.165, 1.54) is 6.07 Å². The molecule has 0 aromatic heterocycles. The highest BCUT2D eigenvalue weighted by atomic mass is 16.4. The van der Waals surface area contributed by atoms with Gasteiger partial charge in [0.25, 0.3) is 0 Å². The van der Waals surface area contributed by atoms with E-state index in [0.717, 1.165) is 32.1 Å². The van der Waals surface area contributed by atoms with Crippen molar-refractivity contribution in [1.82, 2.24) is 0 Å². The highest BCUT2D eigenvalue weighted by molar-refractivity contribution is 6.06. The zero-order valence-corrected chi connectivity index (χ0v) is 11.2. The number of carbonyl (C=O) groups excluding carboxylic acids is 1. The van der Waals surface area contributed by atoms with Crippen LogP contribution in [-0.2, 0) is 4.79 Å². The van der Waals surface area contributed by atoms with Gasteiger partial charge in [-0.1, -0.05) is 25.3 Å². The first-order valence-electron chi connectivity index (χ1n) is 7.10. The van der Waals surface area contributed by atoms with Crippen molar-refractivity contribution in [2.75, 3.05) is 10.6 Å². The molecule has 1 saturated carbocycles. The maximum atomic E-state index is 12.4. The molecule has 2 aliphatic rings. The third-order valence-electron chi connectivity index (χ3n) is 4.24. The summed E-state index contributed by atoms with van der Waals surface area (Å²) in [6.07, 6.45) is 5.13. The van der Waals surface area contributed by atoms with Crippen molar-refractivity contribution in [3.8, 4) is 0 Å². The van der Waals surface area contributed by atoms with Gasteiger partial charge in [-0.05, 0) is 25.0 Å². The van der Waals surface area contributed by atoms with Crippen LogP contribution in [0, 0.1) is 5.92 Å². The number of carboxylic acids is 1. The third kappa shape index (κ3) is 2.24. The molecule has 1 fully saturated rings. The highest BCUT2D eigenvalue weighted by Crippen LogP contribution is 2.35. The number of amides is 1. The summed E-state index contributed by atoms with van der Waals surface area (Å²) in [5.74, 6) is -1.16. The van der Waals surface area contributed by atoms with E-state index >= 15 is 0 Å². The zero-order valence-electron chi connectivity index (χ0n) is 11.2. The van der Waals surface area contributed by atoms with E-state index in [2.05, 4.69) is 10.6 Å². The van der Waals surface area contributed by atoms with Crippen LogP contribution >= 0.6 is 0 Å². The van der Waals surface area contributed by atoms with Crippen LogP contribution in [0.4, 0.5) is 11.4 Å². The Morgan fingerprint density at radius 2 is 2.00 bits per heavy atom. The minimum atomic E-state index is -1.02. The second kappa shape index (κ2) is 5.15. The first-order valence-corrected chi connectivity index (χ1v) is 7.10. The van der Waals surface area contributed by atoms with Crippen molar-refractivity contribution in [3.63, 3.8) is 0 Å². The zero-order chi connectivity index (χ0) is 14.1. The predicted octanol–water partition coefficient (Wildman–Crippen LogP) is 2.70. The Kier molecular flexibility index (Phi) is 3.34. The Balaban J connectivity index is 2.02. The van der Waals surface area contributed by atoms with Gasteiger partial charge in [0.1, 0.15) is 0 Å². The summed E-state index contributed by atoms with van der Waals surface area (Å²) in [5, 5.41) is 15.4. The van der Waals surface area contributed by atoms with Gasteiger partial charge in [-0.25, -0.2) is 4.79 Å². The third-order valence-corrected chi connectivity index (χ3v) is 4.24. The second-order valence-corrected chi connectivity index (χ2v) is 5.52. The fraction of sp³-hybridized carbons (Fsp3) is 0.467. The number of hydrogen-bond acceptors (Lipinski definition) is 3. The SMILES string of the molecule is O=C(O)c1cccc2c1NC(=O)C1CCCCCC1N2. The molecular formula is C15H18N2O3. The smallest absolute Gasteiger partial charge is 0.337 e. The van der Waals surface area contributed by atoms with Crippen LogP contribution in [0.25, 0.3) is 0 Å². The number of carboxylic acid groups (broad SMARTS) is 1. The number of hydrogen-bond donors (Lipinski definition) is 3. The van der Waals surface area contributed by atoms with Gasteiger partial charge >= 0.3 is 5.97 Å². The fourth-order valence-electron chi connectivity index (χ4n) is 3.20. The van der Waals surface area contributed by atoms with E-state index < -0.39 is 5.97 Å². The molecule has 1 aliphatic carbocycles. The standard InChI is InChI=1S/C15H18N2O3/c18-14-9-5-2-1-3-7-11(9)16-12-8-4-6-10(15(19)20)13(12)17-14/h4,6,8-9,11,16H,1-3,5,7H2,(H,17,18)(H,19,20). The summed E-state index contributed by atoms with van der Waals surface area (Å²) in [6.45, 7) is 0. The Morgan fingerprint density at radius 1 is 1.20 bits per heavy atom. The normalized spacial score (nSPS) is 25.3. The average molecular weight is 274 g/mol. The van der Waals surface area contributed by atoms with Gasteiger partial charge in [0.15, 0.2) is 0 Å². The number of benzene rings is 1. The number of anilines is 2. The van der Waals surface area contributed by atoms with Gasteiger partial charge in [-0.15, -0.1) is 0 Å². The van der Waals surface area contributed by atoms with E-state index in [-0.39, 0.29) is 23.4 Å². The molecule has 2 unspecified atom stereocenters. The summed E-state index contributed by atoms with van der Waals surface area (Å²) >= 11 is 0. The Labute approximate surface area is 117 Å². The van der Waals surface area contributed by atoms with Crippen LogP contribution < -0.4 is 10.6 Å². The van der Waals surface area contributed by atoms with Crippen LogP contribution in [-0.4, -0.2) is 23.0 Å². The van der Waals surface area contributed by atoms with Crippen LogP contribution in [0.5, 0.6) is 0 Å². The topological polar surface area (TPSA) is 78.4 Å². The lowest BCUT2D eigenvalue weighted by atomic mass is 9.94. The fourth-order valence-corrected chi connectivity index (χ4v) is 3.20. The molecule has 1 aliphatic heterocycles. The summed E-state index contributed by atoms with van der Waals surface area (Å²) in [5.41, 5.74) is 1.26. The maximum absolute atomic E-state index is 12.4. The first kappa shape index (κ1) is 13.0. The van der Waals surface area contributed by atoms with Gasteiger partial charge < -0.3 is 15.7 Å². The number of rotatable bonds is 1. The lowest BCUT2D eigenvalue weighted by Gasteiger charge is -2.22. The number of carbonyl (C=O) groups is 2. The second-order valence-electron chi connectivity index (χ2n) is 5.52. The predicted molar refractivity (Wildman–Crippen MR) is 76.0 cm³/mol. The van der Waals surface area contributed by atoms with Crippen molar-refractivity contribution >= 4 is 23.3 Å². The largest absolute Gasteiger partial charge is 0.478 e. The van der Waals surface area contributed by atoms with Gasteiger partial charge in [-0.3, -0.25) is 4.79 Å². The van der Waals surface area contributed by atoms with Crippen LogP contribution in [0.2, 0.25) is 0 Å². The van der Waals surface area contributed by atoms with E-state index in [4.69, 9.17) is 0 Å². The van der Waals surface area contributed by atoms with Gasteiger partial charge in [0.05, 0.1) is 22.9 Å². The van der Waals surface area contributed by atoms with E-state index in [1.807, 2.05) is 6.07 Å². The number of para-hydroxylation sites is 1. The molecule has 0 saturated heterocycles. The molecule has 3 rings (SSSR count). The van der Waals surface area contributed by atoms with E-state index in [9.17, 15) is 14.7 Å². The quantitative estimate of drug-likeness (QED) is 0.735. The Morgan fingerprint density at radius 3 is 2.80 bits per heavy atom. The lowest BCUT2D eigenvalue weighted by molar-refractivity contribution is -0.120. The Bertz CT molecular complexity index is 556. The maximum Gasteiger partial charge on any atom is 0.337 e. The molecule has 0 spiro atoms. The molecule has 5 heteroatoms. The number of nitrogens with one attached hydrogen (secondary N) is 2. The highest BCUT2D eigenvalue weighted by Gasteiger charge is 2.34. The molecule has 0 bridgehead atoms. The minimum absolute atomic E-state index is 0.0585. The van der Waals surface area contributed by atoms with Crippen molar-refractivity contribution in [3.05, 3.63) is 23.8 Å². The molecule has 3 N–H and O–H groups in total. The summed E-state index contributed by atoms with van der Waals surface area (Å²) in [4.78, 5) is 23.7. The molecule has 2 atom stereocenters. The van der Waals surface area contributed by atoms with E-state index in [1.54, 1.807) is 6.07 Å². The molecule has 106 valence electrons. The van der Waals surface area contributed by atoms with E-state index in [0.29, 0.717) is 11.4 Å². The summed E-state index contributed by atoms with van der Waals surface area (Å²) in [7, 11) is 0. The van der Waals surface area contributed by atoms with Gasteiger partial charge in [0.2, 0.25) is 5.91 Å². The van der Waals surface area contributed by atoms with Crippen molar-refractivity contribution in [1.29, 1.82) is 0 Å². The molecule has 1 heterocycles. The molecule has 20 heavy (non-hydrogen) atoms.